The topological polar surface area (TPSA) is 35.2 Å². The lowest BCUT2D eigenvalue weighted by Crippen LogP contribution is -2.33. The predicted octanol–water partition coefficient (Wildman–Crippen LogP) is 2.42. The van der Waals surface area contributed by atoms with E-state index in [1.165, 1.54) is 11.1 Å². The van der Waals surface area contributed by atoms with Gasteiger partial charge in [0, 0.05) is 6.04 Å². The summed E-state index contributed by atoms with van der Waals surface area (Å²) in [6.45, 7) is 8.11. The molecule has 0 saturated heterocycles. The van der Waals surface area contributed by atoms with Crippen molar-refractivity contribution in [1.82, 2.24) is 0 Å². The molecule has 0 aliphatic carbocycles. The minimum absolute atomic E-state index is 0.0524. The lowest BCUT2D eigenvalue weighted by Gasteiger charge is -2.18. The molecule has 1 rings (SSSR count). The standard InChI is InChI=1S/C12H19NO/c1-8-5-6-12(7-9(8)2)14-11(4)10(3)13/h5-7,10-11H,13H2,1-4H3. The fourth-order valence-electron chi connectivity index (χ4n) is 1.11. The summed E-state index contributed by atoms with van der Waals surface area (Å²) < 4.78 is 5.69. The first-order chi connectivity index (χ1) is 6.50. The molecule has 0 amide bonds. The van der Waals surface area contributed by atoms with E-state index < -0.39 is 0 Å². The Kier molecular flexibility index (Phi) is 3.53. The second-order valence-electron chi connectivity index (χ2n) is 3.93. The van der Waals surface area contributed by atoms with E-state index in [0.29, 0.717) is 0 Å². The fraction of sp³-hybridized carbons (Fsp3) is 0.500. The Morgan fingerprint density at radius 1 is 1.14 bits per heavy atom. The summed E-state index contributed by atoms with van der Waals surface area (Å²) >= 11 is 0. The van der Waals surface area contributed by atoms with Gasteiger partial charge in [-0.05, 0) is 51.0 Å². The molecule has 0 fully saturated rings. The minimum atomic E-state index is 0.0524. The maximum Gasteiger partial charge on any atom is 0.120 e. The number of benzene rings is 1. The van der Waals surface area contributed by atoms with E-state index in [2.05, 4.69) is 19.9 Å². The molecule has 2 nitrogen and oxygen atoms in total. The van der Waals surface area contributed by atoms with E-state index in [-0.39, 0.29) is 12.1 Å². The van der Waals surface area contributed by atoms with Gasteiger partial charge in [0.2, 0.25) is 0 Å². The first kappa shape index (κ1) is 11.1. The SMILES string of the molecule is Cc1ccc(OC(C)C(C)N)cc1C. The molecule has 0 aliphatic rings. The van der Waals surface area contributed by atoms with Crippen molar-refractivity contribution in [3.8, 4) is 5.75 Å². The molecule has 0 bridgehead atoms. The Bertz CT molecular complexity index is 307. The second-order valence-corrected chi connectivity index (χ2v) is 3.93. The molecule has 2 unspecified atom stereocenters. The molecule has 1 aromatic rings. The Morgan fingerprint density at radius 2 is 1.79 bits per heavy atom. The summed E-state index contributed by atoms with van der Waals surface area (Å²) in [4.78, 5) is 0. The van der Waals surface area contributed by atoms with Crippen molar-refractivity contribution in [3.63, 3.8) is 0 Å². The number of aryl methyl sites for hydroxylation is 2. The highest BCUT2D eigenvalue weighted by molar-refractivity contribution is 5.33. The fourth-order valence-corrected chi connectivity index (χ4v) is 1.11. The van der Waals surface area contributed by atoms with Crippen LogP contribution in [0, 0.1) is 13.8 Å². The van der Waals surface area contributed by atoms with Gasteiger partial charge in [0.25, 0.3) is 0 Å². The zero-order valence-electron chi connectivity index (χ0n) is 9.37. The number of hydrogen-bond donors (Lipinski definition) is 1. The predicted molar refractivity (Wildman–Crippen MR) is 59.7 cm³/mol. The van der Waals surface area contributed by atoms with Crippen LogP contribution in [0.5, 0.6) is 5.75 Å². The normalized spacial score (nSPS) is 14.9. The average molecular weight is 193 g/mol. The number of nitrogens with two attached hydrogens (primary N) is 1. The van der Waals surface area contributed by atoms with E-state index in [1.54, 1.807) is 0 Å². The molecule has 2 N–H and O–H groups in total. The molecule has 0 saturated carbocycles. The van der Waals surface area contributed by atoms with Gasteiger partial charge < -0.3 is 10.5 Å². The third kappa shape index (κ3) is 2.74. The van der Waals surface area contributed by atoms with E-state index in [9.17, 15) is 0 Å². The van der Waals surface area contributed by atoms with Crippen LogP contribution in [-0.4, -0.2) is 12.1 Å². The summed E-state index contributed by atoms with van der Waals surface area (Å²) in [5.41, 5.74) is 8.26. The number of rotatable bonds is 3. The van der Waals surface area contributed by atoms with Crippen molar-refractivity contribution in [2.45, 2.75) is 39.8 Å². The molecule has 78 valence electrons. The smallest absolute Gasteiger partial charge is 0.120 e. The van der Waals surface area contributed by atoms with Gasteiger partial charge in [0.1, 0.15) is 11.9 Å². The first-order valence-corrected chi connectivity index (χ1v) is 5.00. The molecule has 2 atom stereocenters. The lowest BCUT2D eigenvalue weighted by molar-refractivity contribution is 0.196. The van der Waals surface area contributed by atoms with Crippen molar-refractivity contribution in [1.29, 1.82) is 0 Å². The lowest BCUT2D eigenvalue weighted by atomic mass is 10.1. The largest absolute Gasteiger partial charge is 0.489 e. The van der Waals surface area contributed by atoms with Gasteiger partial charge in [-0.3, -0.25) is 0 Å². The van der Waals surface area contributed by atoms with Crippen molar-refractivity contribution >= 4 is 0 Å². The maximum atomic E-state index is 5.73. The number of ether oxygens (including phenoxy) is 1. The maximum absolute atomic E-state index is 5.73. The summed E-state index contributed by atoms with van der Waals surface area (Å²) in [6, 6.07) is 6.16. The zero-order chi connectivity index (χ0) is 10.7. The quantitative estimate of drug-likeness (QED) is 0.800. The van der Waals surface area contributed by atoms with Gasteiger partial charge in [-0.25, -0.2) is 0 Å². The van der Waals surface area contributed by atoms with Crippen LogP contribution >= 0.6 is 0 Å². The van der Waals surface area contributed by atoms with Gasteiger partial charge >= 0.3 is 0 Å². The summed E-state index contributed by atoms with van der Waals surface area (Å²) in [5.74, 6) is 0.901. The molecule has 0 heterocycles. The van der Waals surface area contributed by atoms with Crippen molar-refractivity contribution in [2.24, 2.45) is 5.73 Å². The minimum Gasteiger partial charge on any atom is -0.489 e. The molecular formula is C12H19NO. The highest BCUT2D eigenvalue weighted by Crippen LogP contribution is 2.18. The van der Waals surface area contributed by atoms with Crippen molar-refractivity contribution in [2.75, 3.05) is 0 Å². The van der Waals surface area contributed by atoms with Crippen LogP contribution in [0.2, 0.25) is 0 Å². The van der Waals surface area contributed by atoms with Crippen LogP contribution in [0.15, 0.2) is 18.2 Å². The Hall–Kier alpha value is -1.02. The summed E-state index contributed by atoms with van der Waals surface area (Å²) in [5, 5.41) is 0. The Labute approximate surface area is 86.1 Å². The van der Waals surface area contributed by atoms with E-state index >= 15 is 0 Å². The molecule has 0 radical (unpaired) electrons. The van der Waals surface area contributed by atoms with Gasteiger partial charge in [0.05, 0.1) is 0 Å². The average Bonchev–Trinajstić information content (AvgIpc) is 2.11. The van der Waals surface area contributed by atoms with Gasteiger partial charge in [0.15, 0.2) is 0 Å². The summed E-state index contributed by atoms with van der Waals surface area (Å²) in [7, 11) is 0. The Balaban J connectivity index is 2.73. The first-order valence-electron chi connectivity index (χ1n) is 5.00. The van der Waals surface area contributed by atoms with E-state index in [4.69, 9.17) is 10.5 Å². The van der Waals surface area contributed by atoms with E-state index in [0.717, 1.165) is 5.75 Å². The van der Waals surface area contributed by atoms with Crippen LogP contribution in [0.1, 0.15) is 25.0 Å². The van der Waals surface area contributed by atoms with Gasteiger partial charge in [-0.1, -0.05) is 6.07 Å². The van der Waals surface area contributed by atoms with Gasteiger partial charge in [-0.15, -0.1) is 0 Å². The molecule has 0 spiro atoms. The number of hydrogen-bond acceptors (Lipinski definition) is 2. The van der Waals surface area contributed by atoms with Crippen LogP contribution in [0.4, 0.5) is 0 Å². The van der Waals surface area contributed by atoms with Gasteiger partial charge in [-0.2, -0.15) is 0 Å². The highest BCUT2D eigenvalue weighted by Gasteiger charge is 2.08. The Morgan fingerprint density at radius 3 is 2.29 bits per heavy atom. The highest BCUT2D eigenvalue weighted by atomic mass is 16.5. The molecule has 2 heteroatoms. The second kappa shape index (κ2) is 4.47. The monoisotopic (exact) mass is 193 g/mol. The van der Waals surface area contributed by atoms with Crippen LogP contribution in [0.25, 0.3) is 0 Å². The molecule has 0 aliphatic heterocycles. The van der Waals surface area contributed by atoms with Crippen LogP contribution in [0.3, 0.4) is 0 Å². The molecule has 0 aromatic heterocycles. The van der Waals surface area contributed by atoms with Crippen molar-refractivity contribution in [3.05, 3.63) is 29.3 Å². The van der Waals surface area contributed by atoms with E-state index in [1.807, 2.05) is 26.0 Å². The summed E-state index contributed by atoms with van der Waals surface area (Å²) in [6.07, 6.45) is 0.0529. The molecule has 1 aromatic carbocycles. The molecular weight excluding hydrogens is 174 g/mol. The molecule has 14 heavy (non-hydrogen) atoms. The zero-order valence-corrected chi connectivity index (χ0v) is 9.37. The van der Waals surface area contributed by atoms with Crippen LogP contribution in [-0.2, 0) is 0 Å². The van der Waals surface area contributed by atoms with Crippen LogP contribution < -0.4 is 10.5 Å². The third-order valence-electron chi connectivity index (χ3n) is 2.54. The van der Waals surface area contributed by atoms with Crippen molar-refractivity contribution < 1.29 is 4.74 Å². The third-order valence-corrected chi connectivity index (χ3v) is 2.54.